The number of halogens is 1. The fourth-order valence-corrected chi connectivity index (χ4v) is 2.82. The number of nitrogens with zero attached hydrogens (tertiary/aromatic N) is 1. The summed E-state index contributed by atoms with van der Waals surface area (Å²) in [5.41, 5.74) is 2.17. The van der Waals surface area contributed by atoms with E-state index in [2.05, 4.69) is 41.6 Å². The summed E-state index contributed by atoms with van der Waals surface area (Å²) in [5, 5.41) is 6.39. The maximum atomic E-state index is 12.1. The number of amides is 1. The number of hydrogen-bond acceptors (Lipinski definition) is 3. The summed E-state index contributed by atoms with van der Waals surface area (Å²) in [6, 6.07) is 8.60. The second-order valence-electron chi connectivity index (χ2n) is 5.85. The van der Waals surface area contributed by atoms with Crippen molar-refractivity contribution in [3.8, 4) is 0 Å². The fourth-order valence-electron chi connectivity index (χ4n) is 2.82. The van der Waals surface area contributed by atoms with Gasteiger partial charge in [0.1, 0.15) is 0 Å². The molecule has 1 aromatic rings. The molecule has 5 heteroatoms. The van der Waals surface area contributed by atoms with E-state index in [0.29, 0.717) is 12.6 Å². The van der Waals surface area contributed by atoms with Crippen molar-refractivity contribution < 1.29 is 4.79 Å². The minimum Gasteiger partial charge on any atom is -0.325 e. The zero-order valence-corrected chi connectivity index (χ0v) is 14.4. The molecule has 0 radical (unpaired) electrons. The molecule has 1 heterocycles. The zero-order valence-electron chi connectivity index (χ0n) is 13.6. The Bertz CT molecular complexity index is 442. The largest absolute Gasteiger partial charge is 0.325 e. The Morgan fingerprint density at radius 1 is 1.27 bits per heavy atom. The number of likely N-dealkylation sites (N-methyl/N-ethyl adjacent to an activating group) is 1. The number of nitrogens with one attached hydrogen (secondary N) is 2. The summed E-state index contributed by atoms with van der Waals surface area (Å²) in [4.78, 5) is 14.3. The van der Waals surface area contributed by atoms with Gasteiger partial charge in [-0.2, -0.15) is 0 Å². The van der Waals surface area contributed by atoms with Gasteiger partial charge in [0.2, 0.25) is 5.91 Å². The van der Waals surface area contributed by atoms with Crippen LogP contribution in [0, 0.1) is 0 Å². The Morgan fingerprint density at radius 3 is 2.68 bits per heavy atom. The highest BCUT2D eigenvalue weighted by Crippen LogP contribution is 2.13. The molecule has 1 aliphatic rings. The SMILES string of the molecule is CCc1ccc(NC(=O)CN(C)C2CCCNCC2)cc1.Cl. The van der Waals surface area contributed by atoms with Crippen LogP contribution in [0.2, 0.25) is 0 Å². The molecular weight excluding hydrogens is 298 g/mol. The molecule has 0 aliphatic carbocycles. The van der Waals surface area contributed by atoms with Crippen LogP contribution < -0.4 is 10.6 Å². The van der Waals surface area contributed by atoms with Crippen molar-refractivity contribution in [3.05, 3.63) is 29.8 Å². The van der Waals surface area contributed by atoms with E-state index in [1.54, 1.807) is 0 Å². The Balaban J connectivity index is 0.00000242. The van der Waals surface area contributed by atoms with Crippen LogP contribution in [0.5, 0.6) is 0 Å². The first-order valence-corrected chi connectivity index (χ1v) is 7.98. The minimum atomic E-state index is 0. The van der Waals surface area contributed by atoms with Crippen LogP contribution in [-0.4, -0.2) is 43.5 Å². The van der Waals surface area contributed by atoms with Crippen LogP contribution in [0.15, 0.2) is 24.3 Å². The van der Waals surface area contributed by atoms with Gasteiger partial charge >= 0.3 is 0 Å². The van der Waals surface area contributed by atoms with Gasteiger partial charge in [-0.3, -0.25) is 9.69 Å². The molecule has 2 N–H and O–H groups in total. The molecule has 0 spiro atoms. The van der Waals surface area contributed by atoms with Crippen molar-refractivity contribution in [1.29, 1.82) is 0 Å². The summed E-state index contributed by atoms with van der Waals surface area (Å²) in [6.45, 7) is 4.74. The molecule has 1 unspecified atom stereocenters. The molecule has 1 aliphatic heterocycles. The van der Waals surface area contributed by atoms with E-state index in [0.717, 1.165) is 31.6 Å². The van der Waals surface area contributed by atoms with Crippen LogP contribution in [0.25, 0.3) is 0 Å². The van der Waals surface area contributed by atoms with Gasteiger partial charge in [-0.15, -0.1) is 12.4 Å². The Morgan fingerprint density at radius 2 is 2.00 bits per heavy atom. The Hall–Kier alpha value is -1.10. The average Bonchev–Trinajstić information content (AvgIpc) is 2.77. The van der Waals surface area contributed by atoms with Crippen LogP contribution >= 0.6 is 12.4 Å². The van der Waals surface area contributed by atoms with Gasteiger partial charge in [-0.05, 0) is 63.5 Å². The molecule has 0 bridgehead atoms. The number of carbonyl (C=O) groups excluding carboxylic acids is 1. The lowest BCUT2D eigenvalue weighted by atomic mass is 10.1. The smallest absolute Gasteiger partial charge is 0.238 e. The van der Waals surface area contributed by atoms with Crippen LogP contribution in [0.1, 0.15) is 31.7 Å². The Kier molecular flexibility index (Phi) is 8.46. The molecule has 1 amide bonds. The van der Waals surface area contributed by atoms with Gasteiger partial charge in [-0.1, -0.05) is 19.1 Å². The number of aryl methyl sites for hydroxylation is 1. The van der Waals surface area contributed by atoms with E-state index in [1.165, 1.54) is 18.4 Å². The number of benzene rings is 1. The topological polar surface area (TPSA) is 44.4 Å². The lowest BCUT2D eigenvalue weighted by molar-refractivity contribution is -0.117. The summed E-state index contributed by atoms with van der Waals surface area (Å²) in [5.74, 6) is 0.0685. The van der Waals surface area contributed by atoms with E-state index in [-0.39, 0.29) is 18.3 Å². The number of hydrogen-bond donors (Lipinski definition) is 2. The number of rotatable bonds is 5. The Labute approximate surface area is 140 Å². The third-order valence-electron chi connectivity index (χ3n) is 4.21. The molecule has 1 aromatic carbocycles. The van der Waals surface area contributed by atoms with Crippen molar-refractivity contribution >= 4 is 24.0 Å². The van der Waals surface area contributed by atoms with Crippen LogP contribution in [-0.2, 0) is 11.2 Å². The minimum absolute atomic E-state index is 0. The lowest BCUT2D eigenvalue weighted by Crippen LogP contribution is -2.38. The zero-order chi connectivity index (χ0) is 15.1. The van der Waals surface area contributed by atoms with Gasteiger partial charge in [0.05, 0.1) is 6.54 Å². The first kappa shape index (κ1) is 18.9. The fraction of sp³-hybridized carbons (Fsp3) is 0.588. The molecule has 22 heavy (non-hydrogen) atoms. The molecule has 2 rings (SSSR count). The second kappa shape index (κ2) is 9.82. The first-order chi connectivity index (χ1) is 10.2. The lowest BCUT2D eigenvalue weighted by Gasteiger charge is -2.26. The van der Waals surface area contributed by atoms with Crippen LogP contribution in [0.4, 0.5) is 5.69 Å². The van der Waals surface area contributed by atoms with Gasteiger partial charge < -0.3 is 10.6 Å². The maximum absolute atomic E-state index is 12.1. The first-order valence-electron chi connectivity index (χ1n) is 7.98. The van der Waals surface area contributed by atoms with Gasteiger partial charge in [0.25, 0.3) is 0 Å². The summed E-state index contributed by atoms with van der Waals surface area (Å²) < 4.78 is 0. The monoisotopic (exact) mass is 325 g/mol. The van der Waals surface area contributed by atoms with E-state index in [4.69, 9.17) is 0 Å². The van der Waals surface area contributed by atoms with Gasteiger partial charge in [0, 0.05) is 11.7 Å². The van der Waals surface area contributed by atoms with Crippen molar-refractivity contribution in [1.82, 2.24) is 10.2 Å². The highest BCUT2D eigenvalue weighted by molar-refractivity contribution is 5.92. The average molecular weight is 326 g/mol. The van der Waals surface area contributed by atoms with E-state index < -0.39 is 0 Å². The second-order valence-corrected chi connectivity index (χ2v) is 5.85. The van der Waals surface area contributed by atoms with Crippen molar-refractivity contribution in [3.63, 3.8) is 0 Å². The number of carbonyl (C=O) groups is 1. The molecule has 124 valence electrons. The molecule has 4 nitrogen and oxygen atoms in total. The molecule has 1 fully saturated rings. The normalized spacial score (nSPS) is 18.4. The third-order valence-corrected chi connectivity index (χ3v) is 4.21. The standard InChI is InChI=1S/C17H27N3O.ClH/c1-3-14-6-8-15(9-7-14)19-17(21)13-20(2)16-5-4-11-18-12-10-16;/h6-9,16,18H,3-5,10-13H2,1-2H3,(H,19,21);1H. The van der Waals surface area contributed by atoms with Crippen LogP contribution in [0.3, 0.4) is 0 Å². The van der Waals surface area contributed by atoms with E-state index >= 15 is 0 Å². The van der Waals surface area contributed by atoms with E-state index in [1.807, 2.05) is 12.1 Å². The molecular formula is C17H28ClN3O. The highest BCUT2D eigenvalue weighted by atomic mass is 35.5. The molecule has 1 saturated heterocycles. The van der Waals surface area contributed by atoms with Crippen molar-refractivity contribution in [2.45, 2.75) is 38.6 Å². The van der Waals surface area contributed by atoms with Gasteiger partial charge in [0.15, 0.2) is 0 Å². The maximum Gasteiger partial charge on any atom is 0.238 e. The highest BCUT2D eigenvalue weighted by Gasteiger charge is 2.18. The quantitative estimate of drug-likeness (QED) is 0.875. The molecule has 0 saturated carbocycles. The van der Waals surface area contributed by atoms with Crippen molar-refractivity contribution in [2.24, 2.45) is 0 Å². The summed E-state index contributed by atoms with van der Waals surface area (Å²) in [7, 11) is 2.05. The van der Waals surface area contributed by atoms with E-state index in [9.17, 15) is 4.79 Å². The van der Waals surface area contributed by atoms with Gasteiger partial charge in [-0.25, -0.2) is 0 Å². The molecule has 0 aromatic heterocycles. The summed E-state index contributed by atoms with van der Waals surface area (Å²) in [6.07, 6.45) is 4.50. The van der Waals surface area contributed by atoms with Crippen molar-refractivity contribution in [2.75, 3.05) is 32.0 Å². The predicted molar refractivity (Wildman–Crippen MR) is 94.8 cm³/mol. The predicted octanol–water partition coefficient (Wildman–Crippen LogP) is 2.68. The summed E-state index contributed by atoms with van der Waals surface area (Å²) >= 11 is 0. The molecule has 1 atom stereocenters. The third kappa shape index (κ3) is 5.95. The number of anilines is 1.